The average molecular weight is 196 g/mol. The molecule has 14 heavy (non-hydrogen) atoms. The second-order valence-corrected chi connectivity index (χ2v) is 4.59. The summed E-state index contributed by atoms with van der Waals surface area (Å²) in [6, 6.07) is 2.67. The predicted octanol–water partition coefficient (Wildman–Crippen LogP) is 1.69. The van der Waals surface area contributed by atoms with Crippen molar-refractivity contribution in [2.24, 2.45) is 5.41 Å². The van der Waals surface area contributed by atoms with Crippen LogP contribution in [0.25, 0.3) is 0 Å². The van der Waals surface area contributed by atoms with Gasteiger partial charge in [-0.1, -0.05) is 20.8 Å². The van der Waals surface area contributed by atoms with Crippen molar-refractivity contribution >= 4 is 0 Å². The lowest BCUT2D eigenvalue weighted by molar-refractivity contribution is -0.0989. The molecule has 0 aromatic rings. The van der Waals surface area contributed by atoms with Gasteiger partial charge in [-0.15, -0.1) is 0 Å². The van der Waals surface area contributed by atoms with Crippen LogP contribution in [0.4, 0.5) is 0 Å². The Morgan fingerprint density at radius 3 is 2.64 bits per heavy atom. The third kappa shape index (κ3) is 1.92. The van der Waals surface area contributed by atoms with Gasteiger partial charge in [0.1, 0.15) is 0 Å². The Kier molecular flexibility index (Phi) is 3.52. The quantitative estimate of drug-likeness (QED) is 0.744. The van der Waals surface area contributed by atoms with E-state index in [4.69, 9.17) is 10.00 Å². The number of rotatable bonds is 4. The summed E-state index contributed by atoms with van der Waals surface area (Å²) in [6.07, 6.45) is 2.21. The standard InChI is InChI=1S/C11H20N2O/c1-5-8(7-12)13-9-6-10(14-4)11(9,2)3/h8-10,13H,5-6H2,1-4H3. The van der Waals surface area contributed by atoms with Gasteiger partial charge in [-0.25, -0.2) is 0 Å². The van der Waals surface area contributed by atoms with Crippen molar-refractivity contribution in [3.05, 3.63) is 0 Å². The minimum absolute atomic E-state index is 0.0166. The molecule has 0 spiro atoms. The lowest BCUT2D eigenvalue weighted by Gasteiger charge is -2.52. The zero-order chi connectivity index (χ0) is 10.8. The van der Waals surface area contributed by atoms with Crippen LogP contribution in [0, 0.1) is 16.7 Å². The first-order valence-electron chi connectivity index (χ1n) is 5.24. The molecular formula is C11H20N2O. The molecule has 80 valence electrons. The van der Waals surface area contributed by atoms with Crippen LogP contribution in [0.2, 0.25) is 0 Å². The van der Waals surface area contributed by atoms with E-state index >= 15 is 0 Å². The SMILES string of the molecule is CCC(C#N)NC1CC(OC)C1(C)C. The molecule has 1 aliphatic rings. The van der Waals surface area contributed by atoms with Gasteiger partial charge in [-0.2, -0.15) is 5.26 Å². The molecule has 0 saturated heterocycles. The molecular weight excluding hydrogens is 176 g/mol. The topological polar surface area (TPSA) is 45.0 Å². The summed E-state index contributed by atoms with van der Waals surface area (Å²) < 4.78 is 5.36. The molecule has 0 bridgehead atoms. The van der Waals surface area contributed by atoms with Crippen molar-refractivity contribution in [3.63, 3.8) is 0 Å². The first kappa shape index (κ1) is 11.5. The van der Waals surface area contributed by atoms with E-state index in [1.165, 1.54) is 0 Å². The molecule has 0 heterocycles. The summed E-state index contributed by atoms with van der Waals surface area (Å²) in [4.78, 5) is 0. The molecule has 3 heteroatoms. The highest BCUT2D eigenvalue weighted by molar-refractivity contribution is 5.05. The molecule has 1 N–H and O–H groups in total. The molecule has 3 unspecified atom stereocenters. The number of ether oxygens (including phenoxy) is 1. The Balaban J connectivity index is 2.47. The van der Waals surface area contributed by atoms with Crippen LogP contribution >= 0.6 is 0 Å². The van der Waals surface area contributed by atoms with Crippen LogP contribution in [-0.4, -0.2) is 25.3 Å². The highest BCUT2D eigenvalue weighted by Crippen LogP contribution is 2.42. The van der Waals surface area contributed by atoms with Crippen LogP contribution < -0.4 is 5.32 Å². The van der Waals surface area contributed by atoms with Crippen molar-refractivity contribution in [2.45, 2.75) is 51.8 Å². The van der Waals surface area contributed by atoms with Gasteiger partial charge in [0.25, 0.3) is 0 Å². The van der Waals surface area contributed by atoms with E-state index in [0.717, 1.165) is 12.8 Å². The number of nitriles is 1. The monoisotopic (exact) mass is 196 g/mol. The van der Waals surface area contributed by atoms with Crippen molar-refractivity contribution in [1.82, 2.24) is 5.32 Å². The zero-order valence-corrected chi connectivity index (χ0v) is 9.50. The largest absolute Gasteiger partial charge is 0.381 e. The van der Waals surface area contributed by atoms with E-state index in [2.05, 4.69) is 25.2 Å². The van der Waals surface area contributed by atoms with Gasteiger partial charge >= 0.3 is 0 Å². The molecule has 0 aromatic carbocycles. The third-order valence-electron chi connectivity index (χ3n) is 3.43. The minimum Gasteiger partial charge on any atom is -0.381 e. The number of hydrogen-bond acceptors (Lipinski definition) is 3. The highest BCUT2D eigenvalue weighted by Gasteiger charge is 2.48. The molecule has 0 aromatic heterocycles. The second kappa shape index (κ2) is 4.29. The Hall–Kier alpha value is -0.590. The van der Waals surface area contributed by atoms with Gasteiger partial charge in [-0.05, 0) is 12.8 Å². The summed E-state index contributed by atoms with van der Waals surface area (Å²) in [5.41, 5.74) is 0.152. The van der Waals surface area contributed by atoms with Crippen molar-refractivity contribution in [3.8, 4) is 6.07 Å². The van der Waals surface area contributed by atoms with Gasteiger partial charge in [0.15, 0.2) is 0 Å². The number of nitrogens with one attached hydrogen (secondary N) is 1. The Morgan fingerprint density at radius 1 is 1.64 bits per heavy atom. The van der Waals surface area contributed by atoms with Crippen LogP contribution in [0.5, 0.6) is 0 Å². The van der Waals surface area contributed by atoms with Crippen LogP contribution in [0.3, 0.4) is 0 Å². The Labute approximate surface area is 86.4 Å². The van der Waals surface area contributed by atoms with Gasteiger partial charge < -0.3 is 4.74 Å². The summed E-state index contributed by atoms with van der Waals surface area (Å²) >= 11 is 0. The Morgan fingerprint density at radius 2 is 2.29 bits per heavy atom. The number of methoxy groups -OCH3 is 1. The molecule has 1 fully saturated rings. The zero-order valence-electron chi connectivity index (χ0n) is 9.50. The number of hydrogen-bond donors (Lipinski definition) is 1. The summed E-state index contributed by atoms with van der Waals surface area (Å²) in [5, 5.41) is 12.2. The fourth-order valence-electron chi connectivity index (χ4n) is 2.06. The van der Waals surface area contributed by atoms with E-state index in [-0.39, 0.29) is 11.5 Å². The van der Waals surface area contributed by atoms with Crippen molar-refractivity contribution < 1.29 is 4.74 Å². The summed E-state index contributed by atoms with van der Waals surface area (Å²) in [5.74, 6) is 0. The molecule has 0 amide bonds. The van der Waals surface area contributed by atoms with E-state index in [0.29, 0.717) is 12.1 Å². The molecule has 3 nitrogen and oxygen atoms in total. The second-order valence-electron chi connectivity index (χ2n) is 4.59. The fourth-order valence-corrected chi connectivity index (χ4v) is 2.06. The molecule has 3 atom stereocenters. The van der Waals surface area contributed by atoms with E-state index in [9.17, 15) is 0 Å². The molecule has 1 rings (SSSR count). The average Bonchev–Trinajstić information content (AvgIpc) is 2.17. The van der Waals surface area contributed by atoms with E-state index in [1.54, 1.807) is 7.11 Å². The minimum atomic E-state index is -0.0166. The van der Waals surface area contributed by atoms with Crippen molar-refractivity contribution in [2.75, 3.05) is 7.11 Å². The maximum absolute atomic E-state index is 8.84. The first-order valence-corrected chi connectivity index (χ1v) is 5.24. The van der Waals surface area contributed by atoms with Gasteiger partial charge in [-0.3, -0.25) is 5.32 Å². The molecule has 0 radical (unpaired) electrons. The van der Waals surface area contributed by atoms with Crippen LogP contribution in [0.1, 0.15) is 33.6 Å². The maximum atomic E-state index is 8.84. The van der Waals surface area contributed by atoms with Gasteiger partial charge in [0, 0.05) is 18.6 Å². The highest BCUT2D eigenvalue weighted by atomic mass is 16.5. The smallest absolute Gasteiger partial charge is 0.0952 e. The van der Waals surface area contributed by atoms with Gasteiger partial charge in [0.2, 0.25) is 0 Å². The van der Waals surface area contributed by atoms with E-state index < -0.39 is 0 Å². The molecule has 1 saturated carbocycles. The summed E-state index contributed by atoms with van der Waals surface area (Å²) in [6.45, 7) is 6.40. The third-order valence-corrected chi connectivity index (χ3v) is 3.43. The van der Waals surface area contributed by atoms with Crippen LogP contribution in [0.15, 0.2) is 0 Å². The fraction of sp³-hybridized carbons (Fsp3) is 0.909. The molecule has 0 aliphatic heterocycles. The molecule has 1 aliphatic carbocycles. The van der Waals surface area contributed by atoms with E-state index in [1.807, 2.05) is 6.92 Å². The first-order chi connectivity index (χ1) is 6.56. The normalized spacial score (nSPS) is 31.6. The van der Waals surface area contributed by atoms with Crippen molar-refractivity contribution in [1.29, 1.82) is 5.26 Å². The maximum Gasteiger partial charge on any atom is 0.0952 e. The summed E-state index contributed by atoms with van der Waals surface area (Å²) in [7, 11) is 1.75. The lowest BCUT2D eigenvalue weighted by atomic mass is 9.64. The van der Waals surface area contributed by atoms with Gasteiger partial charge in [0.05, 0.1) is 18.2 Å². The predicted molar refractivity (Wildman–Crippen MR) is 55.8 cm³/mol. The Bertz CT molecular complexity index is 232. The lowest BCUT2D eigenvalue weighted by Crippen LogP contribution is -2.62. The van der Waals surface area contributed by atoms with Crippen LogP contribution in [-0.2, 0) is 4.74 Å². The number of nitrogens with zero attached hydrogens (tertiary/aromatic N) is 1.